The Labute approximate surface area is 199 Å². The van der Waals surface area contributed by atoms with Gasteiger partial charge >= 0.3 is 5.97 Å². The first-order valence-corrected chi connectivity index (χ1v) is 11.3. The van der Waals surface area contributed by atoms with Gasteiger partial charge in [0, 0.05) is 29.3 Å². The Kier molecular flexibility index (Phi) is 6.63. The molecule has 1 N–H and O–H groups in total. The lowest BCUT2D eigenvalue weighted by atomic mass is 9.92. The van der Waals surface area contributed by atoms with Gasteiger partial charge in [0.2, 0.25) is 5.55 Å². The van der Waals surface area contributed by atoms with Crippen LogP contribution in [0.1, 0.15) is 39.2 Å². The van der Waals surface area contributed by atoms with Crippen LogP contribution in [-0.2, 0) is 16.0 Å². The molecule has 7 heteroatoms. The summed E-state index contributed by atoms with van der Waals surface area (Å²) in [6.45, 7) is 6.11. The minimum atomic E-state index is -0.444. The molecule has 178 valence electrons. The van der Waals surface area contributed by atoms with E-state index in [1.54, 1.807) is 7.11 Å². The number of allylic oxidation sites excluding steroid dienone is 1. The van der Waals surface area contributed by atoms with Crippen molar-refractivity contribution in [3.8, 4) is 22.6 Å². The lowest BCUT2D eigenvalue weighted by Crippen LogP contribution is -2.32. The van der Waals surface area contributed by atoms with Crippen molar-refractivity contribution in [2.24, 2.45) is 5.10 Å². The van der Waals surface area contributed by atoms with Gasteiger partial charge in [-0.15, -0.1) is 5.10 Å². The fourth-order valence-electron chi connectivity index (χ4n) is 3.93. The van der Waals surface area contributed by atoms with E-state index in [0.717, 1.165) is 46.4 Å². The maximum Gasteiger partial charge on any atom is 0.332 e. The Balaban J connectivity index is 1.86. The molecule has 0 amide bonds. The zero-order valence-electron chi connectivity index (χ0n) is 20.2. The highest BCUT2D eigenvalue weighted by molar-refractivity contribution is 5.94. The van der Waals surface area contributed by atoms with Gasteiger partial charge in [-0.3, -0.25) is 5.43 Å². The van der Waals surface area contributed by atoms with E-state index in [1.807, 2.05) is 43.3 Å². The molecule has 0 fully saturated rings. The molecule has 4 rings (SSSR count). The molecule has 1 aliphatic heterocycles. The number of ether oxygens (including phenoxy) is 3. The molecular formula is C27H30N2O5. The third-order valence-electron chi connectivity index (χ3n) is 5.90. The van der Waals surface area contributed by atoms with Crippen molar-refractivity contribution in [1.29, 1.82) is 0 Å². The van der Waals surface area contributed by atoms with Crippen LogP contribution in [0.25, 0.3) is 22.1 Å². The number of nitrogens with one attached hydrogen (secondary N) is 1. The van der Waals surface area contributed by atoms with Crippen molar-refractivity contribution in [2.75, 3.05) is 14.2 Å². The van der Waals surface area contributed by atoms with Crippen LogP contribution in [0.2, 0.25) is 0 Å². The summed E-state index contributed by atoms with van der Waals surface area (Å²) < 4.78 is 22.4. The minimum absolute atomic E-state index is 0.224. The van der Waals surface area contributed by atoms with Crippen LogP contribution in [0, 0.1) is 0 Å². The SMILES string of the molecule is CC/C(=C\C(=O)OC)N/N=c1\cc(-c2ccc(OC)cc2)c2cc3c(cc2o1)OC(C)(C)CC3. The van der Waals surface area contributed by atoms with E-state index in [2.05, 4.69) is 30.4 Å². The Bertz CT molecular complexity index is 1300. The van der Waals surface area contributed by atoms with Gasteiger partial charge in [0.15, 0.2) is 0 Å². The largest absolute Gasteiger partial charge is 0.497 e. The lowest BCUT2D eigenvalue weighted by Gasteiger charge is -2.32. The number of rotatable bonds is 6. The summed E-state index contributed by atoms with van der Waals surface area (Å²) in [5.74, 6) is 1.17. The molecule has 1 aliphatic rings. The predicted molar refractivity (Wildman–Crippen MR) is 130 cm³/mol. The number of carbonyl (C=O) groups excluding carboxylic acids is 1. The summed E-state index contributed by atoms with van der Waals surface area (Å²) in [5.41, 5.74) is 7.51. The average molecular weight is 463 g/mol. The molecule has 0 radical (unpaired) electrons. The second-order valence-corrected chi connectivity index (χ2v) is 8.81. The van der Waals surface area contributed by atoms with Gasteiger partial charge in [-0.1, -0.05) is 19.1 Å². The fourth-order valence-corrected chi connectivity index (χ4v) is 3.93. The first kappa shape index (κ1) is 23.4. The maximum atomic E-state index is 11.6. The number of nitrogens with zero attached hydrogens (tertiary/aromatic N) is 1. The lowest BCUT2D eigenvalue weighted by molar-refractivity contribution is -0.134. The van der Waals surface area contributed by atoms with Crippen LogP contribution in [0.4, 0.5) is 0 Å². The van der Waals surface area contributed by atoms with Crippen molar-refractivity contribution in [2.45, 2.75) is 45.6 Å². The third-order valence-corrected chi connectivity index (χ3v) is 5.90. The molecule has 0 unspecified atom stereocenters. The van der Waals surface area contributed by atoms with Crippen molar-refractivity contribution in [3.63, 3.8) is 0 Å². The molecule has 7 nitrogen and oxygen atoms in total. The number of methoxy groups -OCH3 is 2. The quantitative estimate of drug-likeness (QED) is 0.312. The van der Waals surface area contributed by atoms with Crippen LogP contribution in [0.3, 0.4) is 0 Å². The second kappa shape index (κ2) is 9.63. The summed E-state index contributed by atoms with van der Waals surface area (Å²) in [7, 11) is 2.99. The van der Waals surface area contributed by atoms with Gasteiger partial charge in [0.05, 0.1) is 14.2 Å². The number of fused-ring (bicyclic) bond motifs is 2. The van der Waals surface area contributed by atoms with Gasteiger partial charge in [-0.25, -0.2) is 4.79 Å². The molecule has 0 saturated heterocycles. The maximum absolute atomic E-state index is 11.6. The van der Waals surface area contributed by atoms with Crippen molar-refractivity contribution >= 4 is 16.9 Å². The van der Waals surface area contributed by atoms with E-state index in [4.69, 9.17) is 18.6 Å². The number of hydrogen-bond acceptors (Lipinski definition) is 7. The molecule has 0 spiro atoms. The summed E-state index contributed by atoms with van der Waals surface area (Å²) in [5, 5.41) is 5.40. The van der Waals surface area contributed by atoms with Crippen LogP contribution >= 0.6 is 0 Å². The zero-order valence-corrected chi connectivity index (χ0v) is 20.2. The molecule has 3 aromatic rings. The van der Waals surface area contributed by atoms with E-state index in [-0.39, 0.29) is 5.60 Å². The van der Waals surface area contributed by atoms with Crippen molar-refractivity contribution in [3.05, 3.63) is 65.4 Å². The highest BCUT2D eigenvalue weighted by Gasteiger charge is 2.27. The molecule has 2 heterocycles. The monoisotopic (exact) mass is 462 g/mol. The van der Waals surface area contributed by atoms with E-state index >= 15 is 0 Å². The van der Waals surface area contributed by atoms with E-state index in [1.165, 1.54) is 13.2 Å². The minimum Gasteiger partial charge on any atom is -0.497 e. The molecule has 2 aromatic carbocycles. The van der Waals surface area contributed by atoms with Crippen molar-refractivity contribution < 1.29 is 23.4 Å². The number of esters is 1. The van der Waals surface area contributed by atoms with Crippen LogP contribution in [0.5, 0.6) is 11.5 Å². The first-order valence-electron chi connectivity index (χ1n) is 11.3. The second-order valence-electron chi connectivity index (χ2n) is 8.81. The predicted octanol–water partition coefficient (Wildman–Crippen LogP) is 5.08. The number of aryl methyl sites for hydroxylation is 1. The van der Waals surface area contributed by atoms with Gasteiger partial charge in [-0.2, -0.15) is 0 Å². The third kappa shape index (κ3) is 5.09. The number of carbonyl (C=O) groups is 1. The molecule has 1 aromatic heterocycles. The van der Waals surface area contributed by atoms with Crippen molar-refractivity contribution in [1.82, 2.24) is 5.43 Å². The molecule has 0 aliphatic carbocycles. The van der Waals surface area contributed by atoms with Crippen LogP contribution < -0.4 is 20.5 Å². The smallest absolute Gasteiger partial charge is 0.332 e. The average Bonchev–Trinajstić information content (AvgIpc) is 2.84. The van der Waals surface area contributed by atoms with E-state index in [0.29, 0.717) is 23.3 Å². The zero-order chi connectivity index (χ0) is 24.3. The van der Waals surface area contributed by atoms with Crippen LogP contribution in [0.15, 0.2) is 63.8 Å². The summed E-state index contributed by atoms with van der Waals surface area (Å²) in [4.78, 5) is 11.6. The number of benzene rings is 2. The highest BCUT2D eigenvalue weighted by Crippen LogP contribution is 2.38. The Morgan fingerprint density at radius 3 is 2.62 bits per heavy atom. The number of hydrogen-bond donors (Lipinski definition) is 1. The summed E-state index contributed by atoms with van der Waals surface area (Å²) in [6, 6.07) is 13.9. The molecule has 0 atom stereocenters. The fraction of sp³-hybridized carbons (Fsp3) is 0.333. The molecule has 34 heavy (non-hydrogen) atoms. The van der Waals surface area contributed by atoms with Gasteiger partial charge < -0.3 is 18.6 Å². The summed E-state index contributed by atoms with van der Waals surface area (Å²) in [6.07, 6.45) is 3.84. The highest BCUT2D eigenvalue weighted by atomic mass is 16.5. The molecule has 0 bridgehead atoms. The Morgan fingerprint density at radius 2 is 1.94 bits per heavy atom. The normalized spacial score (nSPS) is 15.4. The van der Waals surface area contributed by atoms with Gasteiger partial charge in [-0.05, 0) is 68.0 Å². The summed E-state index contributed by atoms with van der Waals surface area (Å²) >= 11 is 0. The Morgan fingerprint density at radius 1 is 1.18 bits per heavy atom. The first-order chi connectivity index (χ1) is 16.3. The Hall–Kier alpha value is -3.74. The van der Waals surface area contributed by atoms with Gasteiger partial charge in [0.25, 0.3) is 0 Å². The molecular weight excluding hydrogens is 432 g/mol. The van der Waals surface area contributed by atoms with Gasteiger partial charge in [0.1, 0.15) is 22.7 Å². The molecule has 0 saturated carbocycles. The van der Waals surface area contributed by atoms with E-state index in [9.17, 15) is 4.79 Å². The van der Waals surface area contributed by atoms with Crippen LogP contribution in [-0.4, -0.2) is 25.8 Å². The standard InChI is InChI=1S/C27H30N2O5/c1-6-19(14-26(30)32-5)28-29-25-15-21(17-7-9-20(31-4)10-8-17)22-13-18-11-12-27(2,3)34-23(18)16-24(22)33-25/h7-10,13-16,28H,6,11-12H2,1-5H3/b19-14+,29-25+. The topological polar surface area (TPSA) is 82.3 Å². The van der Waals surface area contributed by atoms with E-state index < -0.39 is 5.97 Å².